The smallest absolute Gasteiger partial charge is 0.326 e. The Labute approximate surface area is 179 Å². The molecule has 0 heterocycles. The number of carboxylic acids is 1. The Kier molecular flexibility index (Phi) is 11.5. The van der Waals surface area contributed by atoms with Crippen LogP contribution in [0.15, 0.2) is 24.3 Å². The van der Waals surface area contributed by atoms with Crippen LogP contribution in [0.2, 0.25) is 0 Å². The zero-order valence-electron chi connectivity index (χ0n) is 16.2. The highest BCUT2D eigenvalue weighted by atomic mass is 127. The third-order valence-corrected chi connectivity index (χ3v) is 4.78. The van der Waals surface area contributed by atoms with E-state index in [0.29, 0.717) is 19.5 Å². The van der Waals surface area contributed by atoms with Gasteiger partial charge in [-0.2, -0.15) is 0 Å². The molecule has 1 rings (SSSR count). The maximum atomic E-state index is 12.4. The number of aliphatic carboxylic acids is 1. The van der Waals surface area contributed by atoms with E-state index in [1.807, 2.05) is 23.1 Å². The summed E-state index contributed by atoms with van der Waals surface area (Å²) in [5.41, 5.74) is 6.32. The lowest BCUT2D eigenvalue weighted by molar-refractivity contribution is -0.142. The number of nitrogens with zero attached hydrogens (tertiary/aromatic N) is 1. The molecule has 0 bridgehead atoms. The van der Waals surface area contributed by atoms with Crippen molar-refractivity contribution < 1.29 is 14.7 Å². The Balaban J connectivity index is 2.60. The van der Waals surface area contributed by atoms with Crippen LogP contribution in [-0.2, 0) is 16.1 Å². The van der Waals surface area contributed by atoms with Crippen molar-refractivity contribution in [1.82, 2.24) is 15.5 Å². The number of hydrogen-bond acceptors (Lipinski definition) is 4. The molecule has 0 aliphatic rings. The van der Waals surface area contributed by atoms with E-state index in [0.717, 1.165) is 28.5 Å². The molecule has 1 atom stereocenters. The molecular weight excluding hydrogens is 473 g/mol. The van der Waals surface area contributed by atoms with Gasteiger partial charge in [-0.25, -0.2) is 4.79 Å². The third kappa shape index (κ3) is 10.5. The second-order valence-corrected chi connectivity index (χ2v) is 7.88. The first-order valence-corrected chi connectivity index (χ1v) is 10.5. The van der Waals surface area contributed by atoms with Gasteiger partial charge in [-0.1, -0.05) is 25.5 Å². The number of unbranched alkanes of at least 4 members (excludes halogenated alkanes) is 1. The average molecular weight is 503 g/mol. The zero-order chi connectivity index (χ0) is 20.9. The van der Waals surface area contributed by atoms with E-state index >= 15 is 0 Å². The van der Waals surface area contributed by atoms with Gasteiger partial charge < -0.3 is 21.5 Å². The maximum Gasteiger partial charge on any atom is 0.326 e. The molecule has 1 aromatic rings. The summed E-state index contributed by atoms with van der Waals surface area (Å²) in [6, 6.07) is 7.17. The fraction of sp³-hybridized carbons (Fsp3) is 0.526. The zero-order valence-corrected chi connectivity index (χ0v) is 18.4. The van der Waals surface area contributed by atoms with Gasteiger partial charge in [0.1, 0.15) is 6.04 Å². The van der Waals surface area contributed by atoms with Gasteiger partial charge >= 0.3 is 5.97 Å². The van der Waals surface area contributed by atoms with Gasteiger partial charge in [0.2, 0.25) is 5.91 Å². The maximum absolute atomic E-state index is 12.4. The Morgan fingerprint density at radius 1 is 1.36 bits per heavy atom. The standard InChI is InChI=1S/C19H30IN5O3/c1-2-3-10-25(12-14-6-4-7-15(20)11-14)13-17(26)24-16(18(27)28)8-5-9-23-19(21)22/h4,6-7,11,16H,2-3,5,8-10,12-13H2,1H3,(H,24,26)(H,27,28)(H4,21,22,23). The van der Waals surface area contributed by atoms with Crippen LogP contribution in [0, 0.1) is 8.98 Å². The van der Waals surface area contributed by atoms with Gasteiger partial charge in [-0.15, -0.1) is 0 Å². The number of rotatable bonds is 13. The molecule has 0 spiro atoms. The van der Waals surface area contributed by atoms with Crippen LogP contribution >= 0.6 is 22.6 Å². The van der Waals surface area contributed by atoms with Crippen molar-refractivity contribution >= 4 is 40.4 Å². The minimum absolute atomic E-state index is 0.154. The van der Waals surface area contributed by atoms with E-state index in [1.165, 1.54) is 0 Å². The summed E-state index contributed by atoms with van der Waals surface area (Å²) < 4.78 is 1.14. The number of nitrogens with two attached hydrogens (primary N) is 1. The second-order valence-electron chi connectivity index (χ2n) is 6.64. The summed E-state index contributed by atoms with van der Waals surface area (Å²) >= 11 is 2.26. The Morgan fingerprint density at radius 2 is 2.11 bits per heavy atom. The lowest BCUT2D eigenvalue weighted by Gasteiger charge is -2.23. The van der Waals surface area contributed by atoms with Crippen LogP contribution < -0.4 is 16.4 Å². The highest BCUT2D eigenvalue weighted by molar-refractivity contribution is 14.1. The van der Waals surface area contributed by atoms with Crippen LogP contribution in [0.1, 0.15) is 38.2 Å². The van der Waals surface area contributed by atoms with Crippen LogP contribution in [0.5, 0.6) is 0 Å². The molecule has 8 nitrogen and oxygen atoms in total. The van der Waals surface area contributed by atoms with E-state index in [2.05, 4.69) is 46.2 Å². The largest absolute Gasteiger partial charge is 0.480 e. The highest BCUT2D eigenvalue weighted by Crippen LogP contribution is 2.11. The minimum atomic E-state index is -1.06. The number of amides is 1. The van der Waals surface area contributed by atoms with Crippen LogP contribution in [0.25, 0.3) is 0 Å². The molecule has 0 saturated carbocycles. The molecule has 6 N–H and O–H groups in total. The first kappa shape index (κ1) is 24.2. The number of halogens is 1. The fourth-order valence-corrected chi connectivity index (χ4v) is 3.33. The average Bonchev–Trinajstić information content (AvgIpc) is 2.61. The van der Waals surface area contributed by atoms with Crippen LogP contribution in [-0.4, -0.2) is 53.5 Å². The van der Waals surface area contributed by atoms with Gasteiger partial charge in [-0.3, -0.25) is 15.1 Å². The monoisotopic (exact) mass is 503 g/mol. The van der Waals surface area contributed by atoms with Crippen molar-refractivity contribution in [3.05, 3.63) is 33.4 Å². The van der Waals surface area contributed by atoms with Crippen LogP contribution in [0.3, 0.4) is 0 Å². The summed E-state index contributed by atoms with van der Waals surface area (Å²) in [4.78, 5) is 25.9. The van der Waals surface area contributed by atoms with E-state index in [4.69, 9.17) is 11.1 Å². The lowest BCUT2D eigenvalue weighted by atomic mass is 10.1. The number of hydrogen-bond donors (Lipinski definition) is 5. The molecule has 0 fully saturated rings. The first-order chi connectivity index (χ1) is 13.3. The predicted octanol–water partition coefficient (Wildman–Crippen LogP) is 1.73. The number of guanidine groups is 1. The number of carbonyl (C=O) groups is 2. The van der Waals surface area contributed by atoms with Crippen LogP contribution in [0.4, 0.5) is 0 Å². The minimum Gasteiger partial charge on any atom is -0.480 e. The second kappa shape index (κ2) is 13.3. The van der Waals surface area contributed by atoms with Crippen molar-refractivity contribution in [2.24, 2.45) is 5.73 Å². The summed E-state index contributed by atoms with van der Waals surface area (Å²) in [5.74, 6) is -1.51. The molecule has 0 aromatic heterocycles. The first-order valence-electron chi connectivity index (χ1n) is 9.38. The lowest BCUT2D eigenvalue weighted by Crippen LogP contribution is -2.46. The van der Waals surface area contributed by atoms with Gasteiger partial charge in [0.25, 0.3) is 0 Å². The predicted molar refractivity (Wildman–Crippen MR) is 118 cm³/mol. The number of benzene rings is 1. The summed E-state index contributed by atoms with van der Waals surface area (Å²) in [7, 11) is 0. The molecule has 156 valence electrons. The molecular formula is C19H30IN5O3. The Hall–Kier alpha value is -1.88. The van der Waals surface area contributed by atoms with E-state index in [1.54, 1.807) is 0 Å². The van der Waals surface area contributed by atoms with E-state index in [9.17, 15) is 14.7 Å². The van der Waals surface area contributed by atoms with Crippen molar-refractivity contribution in [2.45, 2.75) is 45.2 Å². The number of nitrogens with one attached hydrogen (secondary N) is 3. The van der Waals surface area contributed by atoms with Crippen molar-refractivity contribution in [3.8, 4) is 0 Å². The number of carbonyl (C=O) groups excluding carboxylic acids is 1. The van der Waals surface area contributed by atoms with Gasteiger partial charge in [0, 0.05) is 16.7 Å². The molecule has 1 aromatic carbocycles. The molecule has 0 aliphatic carbocycles. The van der Waals surface area contributed by atoms with Gasteiger partial charge in [0.15, 0.2) is 5.96 Å². The van der Waals surface area contributed by atoms with E-state index < -0.39 is 12.0 Å². The molecule has 0 saturated heterocycles. The summed E-state index contributed by atoms with van der Waals surface area (Å²) in [6.07, 6.45) is 2.74. The van der Waals surface area contributed by atoms with Crippen molar-refractivity contribution in [3.63, 3.8) is 0 Å². The molecule has 0 radical (unpaired) electrons. The van der Waals surface area contributed by atoms with Gasteiger partial charge in [-0.05, 0) is 66.1 Å². The van der Waals surface area contributed by atoms with E-state index in [-0.39, 0.29) is 24.8 Å². The highest BCUT2D eigenvalue weighted by Gasteiger charge is 2.21. The van der Waals surface area contributed by atoms with Crippen molar-refractivity contribution in [1.29, 1.82) is 5.41 Å². The number of carboxylic acid groups (broad SMARTS) is 1. The summed E-state index contributed by atoms with van der Waals surface area (Å²) in [6.45, 7) is 4.06. The summed E-state index contributed by atoms with van der Waals surface area (Å²) in [5, 5.41) is 21.7. The molecule has 1 amide bonds. The van der Waals surface area contributed by atoms with Gasteiger partial charge in [0.05, 0.1) is 6.54 Å². The molecule has 28 heavy (non-hydrogen) atoms. The quantitative estimate of drug-likeness (QED) is 0.121. The fourth-order valence-electron chi connectivity index (χ4n) is 2.72. The Bertz CT molecular complexity index is 656. The molecule has 1 unspecified atom stereocenters. The molecule has 0 aliphatic heterocycles. The molecule has 9 heteroatoms. The van der Waals surface area contributed by atoms with Crippen molar-refractivity contribution in [2.75, 3.05) is 19.6 Å². The third-order valence-electron chi connectivity index (χ3n) is 4.11. The topological polar surface area (TPSA) is 132 Å². The Morgan fingerprint density at radius 3 is 2.71 bits per heavy atom. The normalized spacial score (nSPS) is 11.8. The SMILES string of the molecule is CCCCN(CC(=O)NC(CCCNC(=N)N)C(=O)O)Cc1cccc(I)c1.